The smallest absolute Gasteiger partial charge is 0.233 e. The van der Waals surface area contributed by atoms with E-state index in [0.717, 1.165) is 15.9 Å². The molecule has 1 unspecified atom stereocenters. The molecule has 1 aromatic carbocycles. The van der Waals surface area contributed by atoms with Crippen LogP contribution >= 0.6 is 11.8 Å². The third-order valence-corrected chi connectivity index (χ3v) is 3.86. The Bertz CT molecular complexity index is 642. The van der Waals surface area contributed by atoms with Crippen LogP contribution in [-0.2, 0) is 4.79 Å². The van der Waals surface area contributed by atoms with Crippen molar-refractivity contribution in [1.29, 1.82) is 0 Å². The van der Waals surface area contributed by atoms with Gasteiger partial charge in [0.25, 0.3) is 0 Å². The quantitative estimate of drug-likeness (QED) is 0.522. The number of carbonyl (C=O) groups excluding carboxylic acids is 1. The third-order valence-electron chi connectivity index (χ3n) is 2.76. The van der Waals surface area contributed by atoms with E-state index in [1.165, 1.54) is 11.8 Å². The monoisotopic (exact) mass is 287 g/mol. The summed E-state index contributed by atoms with van der Waals surface area (Å²) >= 11 is 1.45. The van der Waals surface area contributed by atoms with Crippen molar-refractivity contribution >= 4 is 28.6 Å². The zero-order chi connectivity index (χ0) is 14.5. The molecule has 0 aliphatic heterocycles. The van der Waals surface area contributed by atoms with Gasteiger partial charge in [-0.05, 0) is 19.9 Å². The second-order valence-electron chi connectivity index (χ2n) is 4.39. The van der Waals surface area contributed by atoms with Crippen LogP contribution in [-0.4, -0.2) is 27.7 Å². The predicted molar refractivity (Wildman–Crippen MR) is 82.8 cm³/mol. The van der Waals surface area contributed by atoms with Crippen molar-refractivity contribution in [2.75, 3.05) is 6.54 Å². The Labute approximate surface area is 122 Å². The molecule has 1 amide bonds. The summed E-state index contributed by atoms with van der Waals surface area (Å²) in [6, 6.07) is 7.83. The fourth-order valence-electron chi connectivity index (χ4n) is 1.79. The average molecular weight is 287 g/mol. The van der Waals surface area contributed by atoms with Crippen LogP contribution in [0.15, 0.2) is 41.9 Å². The summed E-state index contributed by atoms with van der Waals surface area (Å²) in [4.78, 5) is 20.8. The number of thioether (sulfide) groups is 1. The zero-order valence-electron chi connectivity index (χ0n) is 11.6. The number of amides is 1. The molecule has 0 saturated heterocycles. The van der Waals surface area contributed by atoms with Gasteiger partial charge in [-0.25, -0.2) is 9.97 Å². The van der Waals surface area contributed by atoms with Gasteiger partial charge >= 0.3 is 0 Å². The van der Waals surface area contributed by atoms with Gasteiger partial charge in [0.2, 0.25) is 5.91 Å². The van der Waals surface area contributed by atoms with Crippen LogP contribution in [0, 0.1) is 6.92 Å². The third kappa shape index (κ3) is 3.36. The lowest BCUT2D eigenvalue weighted by molar-refractivity contribution is -0.120. The van der Waals surface area contributed by atoms with Gasteiger partial charge < -0.3 is 5.32 Å². The van der Waals surface area contributed by atoms with Gasteiger partial charge in [-0.15, -0.1) is 6.58 Å². The first kappa shape index (κ1) is 14.5. The molecule has 2 rings (SSSR count). The van der Waals surface area contributed by atoms with Crippen LogP contribution in [0.3, 0.4) is 0 Å². The highest BCUT2D eigenvalue weighted by molar-refractivity contribution is 8.00. The van der Waals surface area contributed by atoms with Gasteiger partial charge in [0.15, 0.2) is 0 Å². The molecule has 0 spiro atoms. The maximum atomic E-state index is 11.9. The number of hydrogen-bond donors (Lipinski definition) is 1. The number of rotatable bonds is 5. The molecule has 0 bridgehead atoms. The van der Waals surface area contributed by atoms with Crippen LogP contribution in [0.25, 0.3) is 10.9 Å². The summed E-state index contributed by atoms with van der Waals surface area (Å²) in [5, 5.41) is 4.40. The van der Waals surface area contributed by atoms with E-state index in [0.29, 0.717) is 12.4 Å². The van der Waals surface area contributed by atoms with E-state index < -0.39 is 0 Å². The molecular formula is C15H17N3OS. The molecular weight excluding hydrogens is 270 g/mol. The van der Waals surface area contributed by atoms with Crippen LogP contribution in [0.4, 0.5) is 0 Å². The Morgan fingerprint density at radius 1 is 1.45 bits per heavy atom. The Hall–Kier alpha value is -1.88. The summed E-state index contributed by atoms with van der Waals surface area (Å²) in [5.74, 6) is 0.695. The number of hydrogen-bond acceptors (Lipinski definition) is 4. The van der Waals surface area contributed by atoms with Gasteiger partial charge in [-0.3, -0.25) is 4.79 Å². The molecule has 0 aliphatic rings. The van der Waals surface area contributed by atoms with Gasteiger partial charge in [0, 0.05) is 11.9 Å². The fourth-order valence-corrected chi connectivity index (χ4v) is 2.80. The molecule has 5 heteroatoms. The maximum absolute atomic E-state index is 11.9. The lowest BCUT2D eigenvalue weighted by Crippen LogP contribution is -2.30. The summed E-state index contributed by atoms with van der Waals surface area (Å²) in [5.41, 5.74) is 0.904. The molecule has 4 nitrogen and oxygen atoms in total. The lowest BCUT2D eigenvalue weighted by atomic mass is 10.2. The number of para-hydroxylation sites is 1. The molecule has 104 valence electrons. The van der Waals surface area contributed by atoms with Crippen LogP contribution in [0.2, 0.25) is 0 Å². The van der Waals surface area contributed by atoms with Crippen molar-refractivity contribution in [1.82, 2.24) is 15.3 Å². The molecule has 0 aliphatic carbocycles. The van der Waals surface area contributed by atoms with E-state index in [4.69, 9.17) is 0 Å². The topological polar surface area (TPSA) is 54.9 Å². The molecule has 0 saturated carbocycles. The van der Waals surface area contributed by atoms with Crippen molar-refractivity contribution in [3.05, 3.63) is 42.7 Å². The number of aromatic nitrogens is 2. The predicted octanol–water partition coefficient (Wildman–Crippen LogP) is 2.72. The molecule has 0 radical (unpaired) electrons. The van der Waals surface area contributed by atoms with Crippen molar-refractivity contribution in [2.45, 2.75) is 24.1 Å². The normalized spacial score (nSPS) is 12.1. The molecule has 20 heavy (non-hydrogen) atoms. The Morgan fingerprint density at radius 3 is 2.95 bits per heavy atom. The van der Waals surface area contributed by atoms with E-state index in [2.05, 4.69) is 21.9 Å². The number of benzene rings is 1. The van der Waals surface area contributed by atoms with Crippen molar-refractivity contribution in [2.24, 2.45) is 0 Å². The first-order valence-corrected chi connectivity index (χ1v) is 7.28. The minimum Gasteiger partial charge on any atom is -0.352 e. The lowest BCUT2D eigenvalue weighted by Gasteiger charge is -2.12. The van der Waals surface area contributed by atoms with E-state index in [-0.39, 0.29) is 11.2 Å². The molecule has 1 atom stereocenters. The van der Waals surface area contributed by atoms with Crippen LogP contribution in [0.1, 0.15) is 12.7 Å². The minimum absolute atomic E-state index is 0.0183. The first-order chi connectivity index (χ1) is 9.61. The number of aryl methyl sites for hydroxylation is 1. The van der Waals surface area contributed by atoms with Crippen LogP contribution in [0.5, 0.6) is 0 Å². The highest BCUT2D eigenvalue weighted by atomic mass is 32.2. The van der Waals surface area contributed by atoms with Gasteiger partial charge in [-0.1, -0.05) is 36.0 Å². The number of carbonyl (C=O) groups is 1. The largest absolute Gasteiger partial charge is 0.352 e. The second-order valence-corrected chi connectivity index (χ2v) is 5.72. The Kier molecular flexibility index (Phi) is 4.74. The van der Waals surface area contributed by atoms with Crippen LogP contribution < -0.4 is 5.32 Å². The summed E-state index contributed by atoms with van der Waals surface area (Å²) in [7, 11) is 0. The Balaban J connectivity index is 2.24. The maximum Gasteiger partial charge on any atom is 0.233 e. The number of nitrogens with one attached hydrogen (secondary N) is 1. The first-order valence-electron chi connectivity index (χ1n) is 6.40. The van der Waals surface area contributed by atoms with E-state index in [1.807, 2.05) is 38.1 Å². The van der Waals surface area contributed by atoms with E-state index in [9.17, 15) is 4.79 Å². The van der Waals surface area contributed by atoms with E-state index in [1.54, 1.807) is 6.08 Å². The molecule has 1 aromatic heterocycles. The second kappa shape index (κ2) is 6.52. The van der Waals surface area contributed by atoms with E-state index >= 15 is 0 Å². The van der Waals surface area contributed by atoms with Crippen molar-refractivity contribution < 1.29 is 4.79 Å². The fraction of sp³-hybridized carbons (Fsp3) is 0.267. The van der Waals surface area contributed by atoms with Gasteiger partial charge in [-0.2, -0.15) is 0 Å². The number of fused-ring (bicyclic) bond motifs is 1. The number of nitrogens with zero attached hydrogens (tertiary/aromatic N) is 2. The standard InChI is InChI=1S/C15H17N3OS/c1-4-9-16-14(19)10(2)20-15-12-7-5-6-8-13(12)17-11(3)18-15/h4-8,10H,1,9H2,2-3H3,(H,16,19). The zero-order valence-corrected chi connectivity index (χ0v) is 12.4. The average Bonchev–Trinajstić information content (AvgIpc) is 2.44. The summed E-state index contributed by atoms with van der Waals surface area (Å²) < 4.78 is 0. The van der Waals surface area contributed by atoms with Gasteiger partial charge in [0.1, 0.15) is 10.9 Å². The summed E-state index contributed by atoms with van der Waals surface area (Å²) in [6.45, 7) is 7.80. The summed E-state index contributed by atoms with van der Waals surface area (Å²) in [6.07, 6.45) is 1.67. The molecule has 1 N–H and O–H groups in total. The Morgan fingerprint density at radius 2 is 2.20 bits per heavy atom. The minimum atomic E-state index is -0.215. The highest BCUT2D eigenvalue weighted by Crippen LogP contribution is 2.28. The van der Waals surface area contributed by atoms with Crippen molar-refractivity contribution in [3.8, 4) is 0 Å². The molecule has 1 heterocycles. The molecule has 2 aromatic rings. The highest BCUT2D eigenvalue weighted by Gasteiger charge is 2.16. The molecule has 0 fully saturated rings. The SMILES string of the molecule is C=CCNC(=O)C(C)Sc1nc(C)nc2ccccc12. The van der Waals surface area contributed by atoms with Gasteiger partial charge in [0.05, 0.1) is 10.8 Å². The van der Waals surface area contributed by atoms with Crippen molar-refractivity contribution in [3.63, 3.8) is 0 Å².